The summed E-state index contributed by atoms with van der Waals surface area (Å²) in [6, 6.07) is 11.8. The number of esters is 1. The lowest BCUT2D eigenvalue weighted by Gasteiger charge is -2.10. The number of aromatic nitrogens is 3. The van der Waals surface area contributed by atoms with E-state index in [-0.39, 0.29) is 5.97 Å². The maximum absolute atomic E-state index is 11.8. The molecule has 3 rings (SSSR count). The number of hydrogen-bond donors (Lipinski definition) is 0. The molecule has 0 saturated heterocycles. The number of carbonyl (C=O) groups is 1. The Labute approximate surface area is 134 Å². The molecule has 0 aliphatic heterocycles. The van der Waals surface area contributed by atoms with Crippen molar-refractivity contribution in [2.75, 3.05) is 6.61 Å². The number of rotatable bonds is 5. The van der Waals surface area contributed by atoms with Crippen LogP contribution in [0, 0.1) is 0 Å². The van der Waals surface area contributed by atoms with Crippen LogP contribution >= 0.6 is 0 Å². The maximum Gasteiger partial charge on any atom is 0.333 e. The Morgan fingerprint density at radius 1 is 1.22 bits per heavy atom. The second-order valence-electron chi connectivity index (χ2n) is 5.08. The highest BCUT2D eigenvalue weighted by Crippen LogP contribution is 2.24. The molecule has 0 bridgehead atoms. The van der Waals surface area contributed by atoms with Gasteiger partial charge in [0.05, 0.1) is 12.1 Å². The van der Waals surface area contributed by atoms with Gasteiger partial charge < -0.3 is 4.74 Å². The Bertz CT molecular complexity index is 853. The number of fused-ring (bicyclic) bond motifs is 1. The maximum atomic E-state index is 11.8. The van der Waals surface area contributed by atoms with Crippen molar-refractivity contribution in [1.29, 1.82) is 0 Å². The lowest BCUT2D eigenvalue weighted by molar-refractivity contribution is -0.138. The van der Waals surface area contributed by atoms with E-state index in [1.807, 2.05) is 34.9 Å². The van der Waals surface area contributed by atoms with E-state index in [0.29, 0.717) is 24.5 Å². The molecular formula is C18H17N3O2. The van der Waals surface area contributed by atoms with Gasteiger partial charge in [-0.25, -0.2) is 14.8 Å². The Balaban J connectivity index is 2.06. The molecular weight excluding hydrogens is 290 g/mol. The summed E-state index contributed by atoms with van der Waals surface area (Å²) in [5, 5.41) is 1.06. The van der Waals surface area contributed by atoms with Crippen molar-refractivity contribution in [2.24, 2.45) is 0 Å². The highest BCUT2D eigenvalue weighted by molar-refractivity contribution is 5.89. The molecule has 0 spiro atoms. The van der Waals surface area contributed by atoms with E-state index < -0.39 is 0 Å². The van der Waals surface area contributed by atoms with Crippen LogP contribution in [0.2, 0.25) is 0 Å². The second kappa shape index (κ2) is 6.44. The number of carbonyl (C=O) groups excluding carboxylic acids is 1. The summed E-state index contributed by atoms with van der Waals surface area (Å²) < 4.78 is 6.96. The summed E-state index contributed by atoms with van der Waals surface area (Å²) in [5.41, 5.74) is 2.30. The fourth-order valence-electron chi connectivity index (χ4n) is 2.51. The minimum atomic E-state index is -0.377. The van der Waals surface area contributed by atoms with Gasteiger partial charge >= 0.3 is 5.97 Å². The SMILES string of the molecule is C=C(Cc1cc2ccccc2n1-c1ncccn1)C(=O)OCC. The van der Waals surface area contributed by atoms with Gasteiger partial charge in [0.15, 0.2) is 0 Å². The van der Waals surface area contributed by atoms with E-state index in [1.54, 1.807) is 25.4 Å². The Hall–Kier alpha value is -2.95. The van der Waals surface area contributed by atoms with Gasteiger partial charge in [-0.2, -0.15) is 0 Å². The molecule has 116 valence electrons. The summed E-state index contributed by atoms with van der Waals surface area (Å²) in [4.78, 5) is 20.5. The summed E-state index contributed by atoms with van der Waals surface area (Å²) >= 11 is 0. The molecule has 5 nitrogen and oxygen atoms in total. The predicted molar refractivity (Wildman–Crippen MR) is 88.3 cm³/mol. The molecule has 0 atom stereocenters. The lowest BCUT2D eigenvalue weighted by atomic mass is 10.1. The molecule has 2 heterocycles. The third-order valence-electron chi connectivity index (χ3n) is 3.50. The Kier molecular flexibility index (Phi) is 4.19. The summed E-state index contributed by atoms with van der Waals surface area (Å²) in [5.74, 6) is 0.193. The van der Waals surface area contributed by atoms with Crippen molar-refractivity contribution in [3.05, 3.63) is 66.6 Å². The minimum Gasteiger partial charge on any atom is -0.463 e. The van der Waals surface area contributed by atoms with E-state index in [2.05, 4.69) is 16.5 Å². The van der Waals surface area contributed by atoms with Gasteiger partial charge in [0.2, 0.25) is 5.95 Å². The standard InChI is InChI=1S/C18H17N3O2/c1-3-23-17(22)13(2)11-15-12-14-7-4-5-8-16(14)21(15)18-19-9-6-10-20-18/h4-10,12H,2-3,11H2,1H3. The molecule has 0 aliphatic rings. The van der Waals surface area contributed by atoms with E-state index in [1.165, 1.54) is 0 Å². The van der Waals surface area contributed by atoms with Gasteiger partial charge in [0.25, 0.3) is 0 Å². The predicted octanol–water partition coefficient (Wildman–Crippen LogP) is 3.08. The van der Waals surface area contributed by atoms with Crippen LogP contribution in [0.15, 0.2) is 60.9 Å². The van der Waals surface area contributed by atoms with E-state index in [4.69, 9.17) is 4.74 Å². The lowest BCUT2D eigenvalue weighted by Crippen LogP contribution is -2.11. The smallest absolute Gasteiger partial charge is 0.333 e. The van der Waals surface area contributed by atoms with E-state index in [0.717, 1.165) is 16.6 Å². The van der Waals surface area contributed by atoms with Crippen molar-refractivity contribution in [3.63, 3.8) is 0 Å². The van der Waals surface area contributed by atoms with Crippen molar-refractivity contribution < 1.29 is 9.53 Å². The van der Waals surface area contributed by atoms with Crippen LogP contribution < -0.4 is 0 Å². The van der Waals surface area contributed by atoms with Crippen LogP contribution in [0.1, 0.15) is 12.6 Å². The van der Waals surface area contributed by atoms with Gasteiger partial charge in [-0.15, -0.1) is 0 Å². The largest absolute Gasteiger partial charge is 0.463 e. The molecule has 0 saturated carbocycles. The molecule has 0 amide bonds. The van der Waals surface area contributed by atoms with Gasteiger partial charge in [0.1, 0.15) is 0 Å². The van der Waals surface area contributed by atoms with Crippen LogP contribution in [0.5, 0.6) is 0 Å². The monoisotopic (exact) mass is 307 g/mol. The number of benzene rings is 1. The topological polar surface area (TPSA) is 57.0 Å². The molecule has 0 N–H and O–H groups in total. The number of nitrogens with zero attached hydrogens (tertiary/aromatic N) is 3. The first kappa shape index (κ1) is 15.0. The van der Waals surface area contributed by atoms with Gasteiger partial charge in [0, 0.05) is 35.5 Å². The minimum absolute atomic E-state index is 0.336. The highest BCUT2D eigenvalue weighted by atomic mass is 16.5. The zero-order valence-corrected chi connectivity index (χ0v) is 12.9. The molecule has 1 aromatic carbocycles. The molecule has 0 radical (unpaired) electrons. The van der Waals surface area contributed by atoms with Crippen LogP contribution in [-0.4, -0.2) is 27.1 Å². The normalized spacial score (nSPS) is 10.7. The zero-order valence-electron chi connectivity index (χ0n) is 12.9. The van der Waals surface area contributed by atoms with Crippen LogP contribution in [-0.2, 0) is 16.0 Å². The van der Waals surface area contributed by atoms with E-state index >= 15 is 0 Å². The van der Waals surface area contributed by atoms with Crippen LogP contribution in [0.3, 0.4) is 0 Å². The number of ether oxygens (including phenoxy) is 1. The van der Waals surface area contributed by atoms with Crippen LogP contribution in [0.4, 0.5) is 0 Å². The highest BCUT2D eigenvalue weighted by Gasteiger charge is 2.16. The molecule has 0 fully saturated rings. The molecule has 2 aromatic heterocycles. The first-order valence-electron chi connectivity index (χ1n) is 7.42. The van der Waals surface area contributed by atoms with Gasteiger partial charge in [-0.3, -0.25) is 4.57 Å². The first-order chi connectivity index (χ1) is 11.2. The average Bonchev–Trinajstić information content (AvgIpc) is 2.93. The summed E-state index contributed by atoms with van der Waals surface area (Å²) in [6.07, 6.45) is 3.77. The molecule has 3 aromatic rings. The molecule has 0 unspecified atom stereocenters. The number of hydrogen-bond acceptors (Lipinski definition) is 4. The summed E-state index contributed by atoms with van der Waals surface area (Å²) in [6.45, 7) is 5.96. The van der Waals surface area contributed by atoms with Gasteiger partial charge in [-0.05, 0) is 25.1 Å². The Morgan fingerprint density at radius 2 is 1.96 bits per heavy atom. The van der Waals surface area contributed by atoms with Crippen LogP contribution in [0.25, 0.3) is 16.9 Å². The quantitative estimate of drug-likeness (QED) is 0.537. The van der Waals surface area contributed by atoms with Crippen molar-refractivity contribution in [2.45, 2.75) is 13.3 Å². The third kappa shape index (κ3) is 2.99. The van der Waals surface area contributed by atoms with Crippen molar-refractivity contribution in [3.8, 4) is 5.95 Å². The van der Waals surface area contributed by atoms with Crippen molar-refractivity contribution >= 4 is 16.9 Å². The third-order valence-corrected chi connectivity index (χ3v) is 3.50. The molecule has 23 heavy (non-hydrogen) atoms. The Morgan fingerprint density at radius 3 is 2.70 bits per heavy atom. The van der Waals surface area contributed by atoms with E-state index in [9.17, 15) is 4.79 Å². The van der Waals surface area contributed by atoms with Crippen molar-refractivity contribution in [1.82, 2.24) is 14.5 Å². The summed E-state index contributed by atoms with van der Waals surface area (Å²) in [7, 11) is 0. The second-order valence-corrected chi connectivity index (χ2v) is 5.08. The molecule has 0 aliphatic carbocycles. The first-order valence-corrected chi connectivity index (χ1v) is 7.42. The van der Waals surface area contributed by atoms with Gasteiger partial charge in [-0.1, -0.05) is 24.8 Å². The fraction of sp³-hybridized carbons (Fsp3) is 0.167. The zero-order chi connectivity index (χ0) is 16.2. The molecule has 5 heteroatoms. The average molecular weight is 307 g/mol. The number of para-hydroxylation sites is 1. The fourth-order valence-corrected chi connectivity index (χ4v) is 2.51.